The van der Waals surface area contributed by atoms with Crippen LogP contribution in [0.3, 0.4) is 0 Å². The second-order valence-corrected chi connectivity index (χ2v) is 6.78. The predicted molar refractivity (Wildman–Crippen MR) is 71.6 cm³/mol. The van der Waals surface area contributed by atoms with Gasteiger partial charge in [0.05, 0.1) is 11.0 Å². The fraction of sp³-hybridized carbons (Fsp3) is 0.538. The largest absolute Gasteiger partial charge is 0.330 e. The zero-order valence-corrected chi connectivity index (χ0v) is 11.3. The molecule has 1 aromatic carbocycles. The normalized spacial score (nSPS) is 13.6. The minimum absolute atomic E-state index is 0.109. The molecule has 2 N–H and O–H groups in total. The van der Waals surface area contributed by atoms with Crippen molar-refractivity contribution in [2.75, 3.05) is 6.54 Å². The van der Waals surface area contributed by atoms with E-state index < -0.39 is 9.84 Å². The molecule has 1 rings (SSSR count). The number of nitrogens with two attached hydrogens (primary N) is 1. The molecular weight excluding hydrogens is 234 g/mol. The monoisotopic (exact) mass is 255 g/mol. The van der Waals surface area contributed by atoms with Crippen LogP contribution in [0.1, 0.15) is 31.4 Å². The van der Waals surface area contributed by atoms with Gasteiger partial charge in [0.25, 0.3) is 0 Å². The van der Waals surface area contributed by atoms with Crippen molar-refractivity contribution in [3.05, 3.63) is 35.4 Å². The van der Waals surface area contributed by atoms with Gasteiger partial charge in [0.2, 0.25) is 0 Å². The van der Waals surface area contributed by atoms with E-state index in [-0.39, 0.29) is 11.0 Å². The summed E-state index contributed by atoms with van der Waals surface area (Å²) in [6.45, 7) is 4.22. The van der Waals surface area contributed by atoms with Crippen molar-refractivity contribution in [3.63, 3.8) is 0 Å². The minimum Gasteiger partial charge on any atom is -0.330 e. The van der Waals surface area contributed by atoms with Crippen LogP contribution in [0.25, 0.3) is 0 Å². The number of rotatable bonds is 6. The smallest absolute Gasteiger partial charge is 0.157 e. The van der Waals surface area contributed by atoms with Gasteiger partial charge < -0.3 is 5.73 Å². The highest BCUT2D eigenvalue weighted by molar-refractivity contribution is 7.91. The predicted octanol–water partition coefficient (Wildman–Crippen LogP) is 1.90. The van der Waals surface area contributed by atoms with Gasteiger partial charge in [-0.15, -0.1) is 0 Å². The summed E-state index contributed by atoms with van der Waals surface area (Å²) in [6.07, 6.45) is 1.49. The van der Waals surface area contributed by atoms with Gasteiger partial charge in [-0.05, 0) is 37.4 Å². The van der Waals surface area contributed by atoms with E-state index in [0.29, 0.717) is 13.0 Å². The molecule has 0 fully saturated rings. The third-order valence-corrected chi connectivity index (χ3v) is 5.18. The lowest BCUT2D eigenvalue weighted by atomic mass is 10.1. The molecule has 0 radical (unpaired) electrons. The zero-order chi connectivity index (χ0) is 12.9. The molecule has 0 saturated carbocycles. The van der Waals surface area contributed by atoms with Crippen molar-refractivity contribution in [1.82, 2.24) is 0 Å². The maximum Gasteiger partial charge on any atom is 0.157 e. The SMILES string of the molecule is CCc1ccc(CS(=O)(=O)C(C)CCN)cc1. The van der Waals surface area contributed by atoms with E-state index in [1.54, 1.807) is 6.92 Å². The van der Waals surface area contributed by atoms with Gasteiger partial charge in [0.1, 0.15) is 0 Å². The highest BCUT2D eigenvalue weighted by Crippen LogP contribution is 2.14. The Kier molecular flexibility index (Phi) is 5.15. The van der Waals surface area contributed by atoms with Crippen LogP contribution >= 0.6 is 0 Å². The Morgan fingerprint density at radius 3 is 2.18 bits per heavy atom. The summed E-state index contributed by atoms with van der Waals surface area (Å²) in [5.41, 5.74) is 7.47. The topological polar surface area (TPSA) is 60.2 Å². The molecule has 0 amide bonds. The quantitative estimate of drug-likeness (QED) is 0.844. The van der Waals surface area contributed by atoms with Crippen molar-refractivity contribution < 1.29 is 8.42 Å². The molecule has 0 aliphatic rings. The van der Waals surface area contributed by atoms with Crippen LogP contribution in [0.5, 0.6) is 0 Å². The summed E-state index contributed by atoms with van der Waals surface area (Å²) in [5.74, 6) is 0.109. The molecule has 1 atom stereocenters. The lowest BCUT2D eigenvalue weighted by molar-refractivity contribution is 0.577. The van der Waals surface area contributed by atoms with Gasteiger partial charge in [-0.3, -0.25) is 0 Å². The summed E-state index contributed by atoms with van der Waals surface area (Å²) in [5, 5.41) is -0.363. The number of aryl methyl sites for hydroxylation is 1. The third-order valence-electron chi connectivity index (χ3n) is 2.99. The van der Waals surface area contributed by atoms with E-state index in [2.05, 4.69) is 6.92 Å². The molecule has 4 heteroatoms. The van der Waals surface area contributed by atoms with Crippen LogP contribution in [0.2, 0.25) is 0 Å². The second-order valence-electron chi connectivity index (χ2n) is 4.37. The number of benzene rings is 1. The Labute approximate surface area is 104 Å². The molecule has 1 unspecified atom stereocenters. The highest BCUT2D eigenvalue weighted by atomic mass is 32.2. The first-order valence-electron chi connectivity index (χ1n) is 5.99. The molecule has 0 bridgehead atoms. The van der Waals surface area contributed by atoms with Crippen LogP contribution < -0.4 is 5.73 Å². The molecular formula is C13H21NO2S. The Balaban J connectivity index is 2.75. The highest BCUT2D eigenvalue weighted by Gasteiger charge is 2.20. The third kappa shape index (κ3) is 4.13. The van der Waals surface area contributed by atoms with Crippen molar-refractivity contribution in [3.8, 4) is 0 Å². The summed E-state index contributed by atoms with van der Waals surface area (Å²) < 4.78 is 24.0. The number of sulfone groups is 1. The average Bonchev–Trinajstić information content (AvgIpc) is 2.30. The molecule has 96 valence electrons. The molecule has 0 aromatic heterocycles. The Morgan fingerprint density at radius 1 is 1.18 bits per heavy atom. The number of hydrogen-bond acceptors (Lipinski definition) is 3. The first-order chi connectivity index (χ1) is 7.99. The van der Waals surface area contributed by atoms with E-state index in [1.165, 1.54) is 5.56 Å². The lowest BCUT2D eigenvalue weighted by Crippen LogP contribution is -2.22. The maximum absolute atomic E-state index is 12.0. The first-order valence-corrected chi connectivity index (χ1v) is 7.70. The van der Waals surface area contributed by atoms with Crippen molar-refractivity contribution in [2.24, 2.45) is 5.73 Å². The standard InChI is InChI=1S/C13H21NO2S/c1-3-12-4-6-13(7-5-12)10-17(15,16)11(2)8-9-14/h4-7,11H,3,8-10,14H2,1-2H3. The van der Waals surface area contributed by atoms with Crippen LogP contribution in [0.15, 0.2) is 24.3 Å². The van der Waals surface area contributed by atoms with E-state index in [1.807, 2.05) is 24.3 Å². The van der Waals surface area contributed by atoms with E-state index >= 15 is 0 Å². The van der Waals surface area contributed by atoms with Crippen molar-refractivity contribution in [2.45, 2.75) is 37.7 Å². The Morgan fingerprint density at radius 2 is 1.71 bits per heavy atom. The van der Waals surface area contributed by atoms with Gasteiger partial charge in [-0.2, -0.15) is 0 Å². The van der Waals surface area contributed by atoms with Gasteiger partial charge >= 0.3 is 0 Å². The average molecular weight is 255 g/mol. The van der Waals surface area contributed by atoms with Crippen LogP contribution in [-0.4, -0.2) is 20.2 Å². The van der Waals surface area contributed by atoms with Crippen LogP contribution in [0, 0.1) is 0 Å². The Bertz CT molecular complexity index is 437. The van der Waals surface area contributed by atoms with Gasteiger partial charge in [-0.1, -0.05) is 31.2 Å². The fourth-order valence-corrected chi connectivity index (χ4v) is 3.10. The first kappa shape index (κ1) is 14.2. The summed E-state index contributed by atoms with van der Waals surface area (Å²) in [7, 11) is -3.08. The molecule has 17 heavy (non-hydrogen) atoms. The van der Waals surface area contributed by atoms with Gasteiger partial charge in [-0.25, -0.2) is 8.42 Å². The molecule has 0 spiro atoms. The van der Waals surface area contributed by atoms with Crippen LogP contribution in [0.4, 0.5) is 0 Å². The molecule has 0 aliphatic heterocycles. The second kappa shape index (κ2) is 6.17. The van der Waals surface area contributed by atoms with E-state index in [0.717, 1.165) is 12.0 Å². The summed E-state index contributed by atoms with van der Waals surface area (Å²) in [6, 6.07) is 7.76. The van der Waals surface area contributed by atoms with Gasteiger partial charge in [0, 0.05) is 0 Å². The van der Waals surface area contributed by atoms with Crippen molar-refractivity contribution in [1.29, 1.82) is 0 Å². The van der Waals surface area contributed by atoms with Crippen LogP contribution in [-0.2, 0) is 22.0 Å². The Hall–Kier alpha value is -0.870. The van der Waals surface area contributed by atoms with Gasteiger partial charge in [0.15, 0.2) is 9.84 Å². The number of hydrogen-bond donors (Lipinski definition) is 1. The lowest BCUT2D eigenvalue weighted by Gasteiger charge is -2.12. The molecule has 1 aromatic rings. The fourth-order valence-electron chi connectivity index (χ4n) is 1.66. The summed E-state index contributed by atoms with van der Waals surface area (Å²) in [4.78, 5) is 0. The van der Waals surface area contributed by atoms with E-state index in [4.69, 9.17) is 5.73 Å². The van der Waals surface area contributed by atoms with E-state index in [9.17, 15) is 8.42 Å². The molecule has 0 aliphatic carbocycles. The molecule has 3 nitrogen and oxygen atoms in total. The minimum atomic E-state index is -3.08. The molecule has 0 saturated heterocycles. The summed E-state index contributed by atoms with van der Waals surface area (Å²) >= 11 is 0. The zero-order valence-electron chi connectivity index (χ0n) is 10.5. The maximum atomic E-state index is 12.0. The molecule has 0 heterocycles. The van der Waals surface area contributed by atoms with Crippen molar-refractivity contribution >= 4 is 9.84 Å².